The Morgan fingerprint density at radius 2 is 1.60 bits per heavy atom. The molecule has 1 rings (SSSR count). The molecule has 0 saturated carbocycles. The van der Waals surface area contributed by atoms with Crippen LogP contribution >= 0.6 is 0 Å². The number of aliphatic carboxylic acids is 1. The van der Waals surface area contributed by atoms with E-state index in [2.05, 4.69) is 9.47 Å². The normalized spacial score (nSPS) is 12.8. The highest BCUT2D eigenvalue weighted by molar-refractivity contribution is 5.72. The zero-order chi connectivity index (χ0) is 26.5. The summed E-state index contributed by atoms with van der Waals surface area (Å²) in [5.74, 6) is -0.761. The van der Waals surface area contributed by atoms with Crippen LogP contribution in [0.25, 0.3) is 0 Å². The first kappa shape index (κ1) is 30.3. The van der Waals surface area contributed by atoms with Crippen molar-refractivity contribution in [2.24, 2.45) is 0 Å². The fraction of sp³-hybridized carbons (Fsp3) is 0.619. The summed E-state index contributed by atoms with van der Waals surface area (Å²) in [5.41, 5.74) is 0.661. The summed E-state index contributed by atoms with van der Waals surface area (Å²) >= 11 is 0. The Hall–Kier alpha value is -2.74. The number of hydrogen-bond acceptors (Lipinski definition) is 6. The first-order valence-electron chi connectivity index (χ1n) is 10.5. The topological polar surface area (TPSA) is 94.5 Å². The molecule has 35 heavy (non-hydrogen) atoms. The third-order valence-electron chi connectivity index (χ3n) is 4.22. The number of carbonyl (C=O) groups excluding carboxylic acids is 1. The predicted molar refractivity (Wildman–Crippen MR) is 109 cm³/mol. The smallest absolute Gasteiger partial charge is 0.422 e. The van der Waals surface area contributed by atoms with Crippen molar-refractivity contribution in [2.75, 3.05) is 46.1 Å². The number of rotatable bonds is 15. The fourth-order valence-corrected chi connectivity index (χ4v) is 2.70. The lowest BCUT2D eigenvalue weighted by molar-refractivity contribution is -0.174. The number of carboxylic acid groups (broad SMARTS) is 1. The van der Waals surface area contributed by atoms with E-state index in [9.17, 15) is 35.9 Å². The Morgan fingerprint density at radius 1 is 0.971 bits per heavy atom. The van der Waals surface area contributed by atoms with Crippen molar-refractivity contribution < 1.29 is 60.0 Å². The van der Waals surface area contributed by atoms with E-state index in [1.54, 1.807) is 19.1 Å². The van der Waals surface area contributed by atoms with Gasteiger partial charge >= 0.3 is 24.4 Å². The van der Waals surface area contributed by atoms with E-state index in [1.807, 2.05) is 0 Å². The molecule has 1 amide bonds. The van der Waals surface area contributed by atoms with Crippen molar-refractivity contribution in [2.45, 2.75) is 38.2 Å². The van der Waals surface area contributed by atoms with E-state index in [-0.39, 0.29) is 45.8 Å². The molecule has 8 nitrogen and oxygen atoms in total. The standard InChI is InChI=1S/C21H27F6NO7/c1-2-33-17(18(29)30)12-15-4-6-16(7-5-15)34-11-9-28(19(31)35-14-21(25,26)27)8-3-10-32-13-20(22,23)24/h4-7,17H,2-3,8-14H2,1H3,(H,29,30). The van der Waals surface area contributed by atoms with Crippen LogP contribution in [0.15, 0.2) is 24.3 Å². The van der Waals surface area contributed by atoms with Gasteiger partial charge in [-0.25, -0.2) is 9.59 Å². The molecule has 1 atom stereocenters. The molecule has 1 aromatic carbocycles. The van der Waals surface area contributed by atoms with E-state index < -0.39 is 43.7 Å². The molecule has 0 heterocycles. The van der Waals surface area contributed by atoms with Gasteiger partial charge in [-0.05, 0) is 31.0 Å². The Morgan fingerprint density at radius 3 is 2.14 bits per heavy atom. The number of benzene rings is 1. The van der Waals surface area contributed by atoms with Crippen molar-refractivity contribution in [3.63, 3.8) is 0 Å². The minimum absolute atomic E-state index is 0.0729. The van der Waals surface area contributed by atoms with Crippen molar-refractivity contribution in [3.05, 3.63) is 29.8 Å². The molecule has 0 aliphatic heterocycles. The second-order valence-electron chi connectivity index (χ2n) is 7.16. The minimum atomic E-state index is -4.74. The molecule has 0 bridgehead atoms. The summed E-state index contributed by atoms with van der Waals surface area (Å²) in [6, 6.07) is 6.30. The van der Waals surface area contributed by atoms with Crippen LogP contribution in [0.1, 0.15) is 18.9 Å². The van der Waals surface area contributed by atoms with Crippen LogP contribution in [0.4, 0.5) is 31.1 Å². The van der Waals surface area contributed by atoms with Gasteiger partial charge in [0, 0.05) is 26.2 Å². The molecule has 1 N–H and O–H groups in total. The lowest BCUT2D eigenvalue weighted by Gasteiger charge is -2.22. The maximum Gasteiger partial charge on any atom is 0.422 e. The SMILES string of the molecule is CCOC(Cc1ccc(OCCN(CCCOCC(F)(F)F)C(=O)OCC(F)(F)F)cc1)C(=O)O. The van der Waals surface area contributed by atoms with Crippen molar-refractivity contribution in [1.82, 2.24) is 4.90 Å². The maximum atomic E-state index is 12.3. The number of nitrogens with zero attached hydrogens (tertiary/aromatic N) is 1. The third-order valence-corrected chi connectivity index (χ3v) is 4.22. The fourth-order valence-electron chi connectivity index (χ4n) is 2.70. The molecule has 0 aromatic heterocycles. The van der Waals surface area contributed by atoms with Crippen LogP contribution in [0.3, 0.4) is 0 Å². The number of hydrogen-bond donors (Lipinski definition) is 1. The minimum Gasteiger partial charge on any atom is -0.492 e. The maximum absolute atomic E-state index is 12.3. The Kier molecular flexibility index (Phi) is 12.6. The van der Waals surface area contributed by atoms with Crippen molar-refractivity contribution in [3.8, 4) is 5.75 Å². The quantitative estimate of drug-likeness (QED) is 0.276. The highest BCUT2D eigenvalue weighted by Crippen LogP contribution is 2.17. The molecule has 0 fully saturated rings. The van der Waals surface area contributed by atoms with Gasteiger partial charge in [0.05, 0.1) is 6.54 Å². The number of alkyl halides is 6. The average molecular weight is 519 g/mol. The molecule has 0 radical (unpaired) electrons. The summed E-state index contributed by atoms with van der Waals surface area (Å²) in [4.78, 5) is 24.0. The van der Waals surface area contributed by atoms with Crippen LogP contribution in [0.5, 0.6) is 5.75 Å². The molecule has 1 aromatic rings. The zero-order valence-corrected chi connectivity index (χ0v) is 18.9. The number of halogens is 6. The van der Waals surface area contributed by atoms with Gasteiger partial charge in [0.1, 0.15) is 19.0 Å². The van der Waals surface area contributed by atoms with E-state index in [0.29, 0.717) is 11.3 Å². The zero-order valence-electron chi connectivity index (χ0n) is 18.9. The number of amides is 1. The van der Waals surface area contributed by atoms with Gasteiger partial charge in [-0.3, -0.25) is 0 Å². The van der Waals surface area contributed by atoms with Crippen LogP contribution < -0.4 is 4.74 Å². The summed E-state index contributed by atoms with van der Waals surface area (Å²) in [7, 11) is 0. The lowest BCUT2D eigenvalue weighted by Crippen LogP contribution is -2.38. The molecule has 0 aliphatic rings. The van der Waals surface area contributed by atoms with Gasteiger partial charge in [-0.1, -0.05) is 12.1 Å². The molecule has 14 heteroatoms. The van der Waals surface area contributed by atoms with E-state index in [0.717, 1.165) is 4.90 Å². The van der Waals surface area contributed by atoms with Gasteiger partial charge in [-0.15, -0.1) is 0 Å². The molecular weight excluding hydrogens is 492 g/mol. The molecule has 0 aliphatic carbocycles. The van der Waals surface area contributed by atoms with Gasteiger partial charge in [-0.2, -0.15) is 26.3 Å². The summed E-state index contributed by atoms with van der Waals surface area (Å²) in [5, 5.41) is 9.13. The summed E-state index contributed by atoms with van der Waals surface area (Å²) < 4.78 is 92.5. The van der Waals surface area contributed by atoms with Gasteiger partial charge < -0.3 is 29.0 Å². The molecular formula is C21H27F6NO7. The number of ether oxygens (including phenoxy) is 4. The average Bonchev–Trinajstić information content (AvgIpc) is 2.75. The third kappa shape index (κ3) is 14.3. The summed E-state index contributed by atoms with van der Waals surface area (Å²) in [6.45, 7) is -2.34. The Labute approximate surface area is 197 Å². The van der Waals surface area contributed by atoms with E-state index >= 15 is 0 Å². The van der Waals surface area contributed by atoms with Crippen molar-refractivity contribution in [1.29, 1.82) is 0 Å². The van der Waals surface area contributed by atoms with Gasteiger partial charge in [0.2, 0.25) is 0 Å². The molecule has 0 spiro atoms. The number of carbonyl (C=O) groups is 2. The largest absolute Gasteiger partial charge is 0.492 e. The second kappa shape index (κ2) is 14.6. The summed E-state index contributed by atoms with van der Waals surface area (Å²) in [6.07, 6.45) is -11.5. The van der Waals surface area contributed by atoms with E-state index in [1.165, 1.54) is 12.1 Å². The van der Waals surface area contributed by atoms with Crippen LogP contribution in [-0.4, -0.2) is 86.6 Å². The Balaban J connectivity index is 2.59. The van der Waals surface area contributed by atoms with E-state index in [4.69, 9.17) is 14.6 Å². The highest BCUT2D eigenvalue weighted by Gasteiger charge is 2.31. The second-order valence-corrected chi connectivity index (χ2v) is 7.16. The Bertz CT molecular complexity index is 771. The molecule has 1 unspecified atom stereocenters. The van der Waals surface area contributed by atoms with Gasteiger partial charge in [0.25, 0.3) is 0 Å². The molecule has 200 valence electrons. The first-order valence-corrected chi connectivity index (χ1v) is 10.5. The van der Waals surface area contributed by atoms with Crippen LogP contribution in [0.2, 0.25) is 0 Å². The van der Waals surface area contributed by atoms with Gasteiger partial charge in [0.15, 0.2) is 12.7 Å². The van der Waals surface area contributed by atoms with Crippen LogP contribution in [-0.2, 0) is 25.4 Å². The highest BCUT2D eigenvalue weighted by atomic mass is 19.4. The predicted octanol–water partition coefficient (Wildman–Crippen LogP) is 4.07. The molecule has 0 saturated heterocycles. The van der Waals surface area contributed by atoms with Crippen LogP contribution in [0, 0.1) is 0 Å². The first-order chi connectivity index (χ1) is 16.3. The number of carboxylic acids is 1. The monoisotopic (exact) mass is 519 g/mol. The lowest BCUT2D eigenvalue weighted by atomic mass is 10.1. The van der Waals surface area contributed by atoms with Crippen molar-refractivity contribution >= 4 is 12.1 Å².